The summed E-state index contributed by atoms with van der Waals surface area (Å²) in [5.74, 6) is -7.64. The Kier molecular flexibility index (Phi) is 6.28. The fourth-order valence-corrected chi connectivity index (χ4v) is 2.24. The zero-order valence-corrected chi connectivity index (χ0v) is 11.4. The summed E-state index contributed by atoms with van der Waals surface area (Å²) in [6.45, 7) is -0.242. The Bertz CT molecular complexity index is 467. The van der Waals surface area contributed by atoms with Gasteiger partial charge in [0.25, 0.3) is 5.91 Å². The van der Waals surface area contributed by atoms with Crippen molar-refractivity contribution < 1.29 is 27.5 Å². The Morgan fingerprint density at radius 3 is 2.30 bits per heavy atom. The van der Waals surface area contributed by atoms with E-state index in [1.807, 2.05) is 0 Å². The maximum absolute atomic E-state index is 13.4. The Hall–Kier alpha value is -1.28. The second-order valence-electron chi connectivity index (χ2n) is 3.98. The fraction of sp³-hybridized carbons (Fsp3) is 0.417. The van der Waals surface area contributed by atoms with Crippen LogP contribution in [0.2, 0.25) is 0 Å². The van der Waals surface area contributed by atoms with E-state index in [2.05, 4.69) is 5.32 Å². The van der Waals surface area contributed by atoms with Crippen LogP contribution in [0.4, 0.5) is 17.6 Å². The molecule has 1 aromatic rings. The van der Waals surface area contributed by atoms with E-state index >= 15 is 0 Å². The van der Waals surface area contributed by atoms with E-state index in [-0.39, 0.29) is 19.1 Å². The van der Waals surface area contributed by atoms with Crippen molar-refractivity contribution in [2.45, 2.75) is 12.5 Å². The van der Waals surface area contributed by atoms with Crippen molar-refractivity contribution >= 4 is 17.7 Å². The van der Waals surface area contributed by atoms with Crippen LogP contribution in [0.1, 0.15) is 16.8 Å². The maximum atomic E-state index is 13.4. The van der Waals surface area contributed by atoms with Gasteiger partial charge in [0.1, 0.15) is 5.56 Å². The Balaban J connectivity index is 3.02. The fourth-order valence-electron chi connectivity index (χ4n) is 1.58. The first kappa shape index (κ1) is 16.8. The zero-order valence-electron chi connectivity index (χ0n) is 10.6. The average molecular weight is 311 g/mol. The van der Waals surface area contributed by atoms with Crippen LogP contribution in [0.5, 0.6) is 0 Å². The molecule has 0 saturated carbocycles. The van der Waals surface area contributed by atoms with Gasteiger partial charge < -0.3 is 10.4 Å². The van der Waals surface area contributed by atoms with Crippen LogP contribution < -0.4 is 5.32 Å². The number of benzene rings is 1. The molecule has 0 aliphatic heterocycles. The predicted octanol–water partition coefficient (Wildman–Crippen LogP) is 2.09. The number of hydrogen-bond acceptors (Lipinski definition) is 3. The second kappa shape index (κ2) is 7.49. The van der Waals surface area contributed by atoms with Gasteiger partial charge in [0, 0.05) is 24.5 Å². The highest BCUT2D eigenvalue weighted by molar-refractivity contribution is 7.98. The number of amides is 1. The van der Waals surface area contributed by atoms with Gasteiger partial charge in [-0.15, -0.1) is 0 Å². The summed E-state index contributed by atoms with van der Waals surface area (Å²) in [6, 6.07) is -0.526. The van der Waals surface area contributed by atoms with Gasteiger partial charge in [-0.25, -0.2) is 17.6 Å². The van der Waals surface area contributed by atoms with Gasteiger partial charge in [0.15, 0.2) is 23.3 Å². The molecule has 1 amide bonds. The topological polar surface area (TPSA) is 49.3 Å². The predicted molar refractivity (Wildman–Crippen MR) is 67.6 cm³/mol. The van der Waals surface area contributed by atoms with E-state index in [4.69, 9.17) is 5.11 Å². The minimum Gasteiger partial charge on any atom is -0.396 e. The molecule has 1 aromatic carbocycles. The number of aliphatic hydroxyl groups excluding tert-OH is 1. The first-order chi connectivity index (χ1) is 9.42. The van der Waals surface area contributed by atoms with Crippen molar-refractivity contribution in [3.05, 3.63) is 34.9 Å². The van der Waals surface area contributed by atoms with Gasteiger partial charge in [-0.2, -0.15) is 11.8 Å². The molecule has 0 fully saturated rings. The Labute approximate surface area is 117 Å². The second-order valence-corrected chi connectivity index (χ2v) is 4.89. The molecular weight excluding hydrogens is 298 g/mol. The zero-order chi connectivity index (χ0) is 15.3. The number of thioether (sulfide) groups is 1. The monoisotopic (exact) mass is 311 g/mol. The Morgan fingerprint density at radius 2 is 1.85 bits per heavy atom. The molecule has 0 aromatic heterocycles. The van der Waals surface area contributed by atoms with Gasteiger partial charge in [-0.05, 0) is 12.7 Å². The third kappa shape index (κ3) is 3.86. The van der Waals surface area contributed by atoms with Gasteiger partial charge in [0.05, 0.1) is 0 Å². The largest absolute Gasteiger partial charge is 0.396 e. The molecule has 0 radical (unpaired) electrons. The molecule has 3 nitrogen and oxygen atoms in total. The smallest absolute Gasteiger partial charge is 0.257 e. The van der Waals surface area contributed by atoms with Crippen molar-refractivity contribution in [1.82, 2.24) is 5.32 Å². The molecule has 0 heterocycles. The van der Waals surface area contributed by atoms with Crippen LogP contribution >= 0.6 is 11.8 Å². The molecule has 1 atom stereocenters. The van der Waals surface area contributed by atoms with Crippen LogP contribution in [-0.2, 0) is 0 Å². The van der Waals surface area contributed by atoms with Gasteiger partial charge in [-0.3, -0.25) is 4.79 Å². The number of nitrogens with one attached hydrogen (secondary N) is 1. The summed E-state index contributed by atoms with van der Waals surface area (Å²) in [5, 5.41) is 11.1. The van der Waals surface area contributed by atoms with E-state index in [0.29, 0.717) is 5.75 Å². The highest BCUT2D eigenvalue weighted by Gasteiger charge is 2.26. The molecule has 0 spiro atoms. The molecule has 0 aliphatic rings. The SMILES string of the molecule is CSCC(CCO)NC(=O)c1c(F)c(F)cc(F)c1F. The number of carbonyl (C=O) groups is 1. The average Bonchev–Trinajstić information content (AvgIpc) is 2.37. The van der Waals surface area contributed by atoms with Crippen molar-refractivity contribution in [3.63, 3.8) is 0 Å². The first-order valence-electron chi connectivity index (χ1n) is 5.66. The summed E-state index contributed by atoms with van der Waals surface area (Å²) < 4.78 is 52.9. The van der Waals surface area contributed by atoms with Crippen LogP contribution in [0.25, 0.3) is 0 Å². The van der Waals surface area contributed by atoms with Crippen LogP contribution in [0.15, 0.2) is 6.07 Å². The number of hydrogen-bond donors (Lipinski definition) is 2. The first-order valence-corrected chi connectivity index (χ1v) is 7.05. The lowest BCUT2D eigenvalue weighted by atomic mass is 10.1. The lowest BCUT2D eigenvalue weighted by molar-refractivity contribution is 0.0924. The molecule has 0 aliphatic carbocycles. The molecule has 1 rings (SSSR count). The molecule has 20 heavy (non-hydrogen) atoms. The van der Waals surface area contributed by atoms with Crippen molar-refractivity contribution in [2.24, 2.45) is 0 Å². The maximum Gasteiger partial charge on any atom is 0.257 e. The van der Waals surface area contributed by atoms with Crippen molar-refractivity contribution in [2.75, 3.05) is 18.6 Å². The number of aliphatic hydroxyl groups is 1. The van der Waals surface area contributed by atoms with Gasteiger partial charge in [-0.1, -0.05) is 0 Å². The Morgan fingerprint density at radius 1 is 1.30 bits per heavy atom. The lowest BCUT2D eigenvalue weighted by Gasteiger charge is -2.17. The highest BCUT2D eigenvalue weighted by atomic mass is 32.2. The number of rotatable bonds is 6. The van der Waals surface area contributed by atoms with E-state index in [1.54, 1.807) is 6.26 Å². The van der Waals surface area contributed by atoms with E-state index in [9.17, 15) is 22.4 Å². The third-order valence-corrected chi connectivity index (χ3v) is 3.26. The summed E-state index contributed by atoms with van der Waals surface area (Å²) in [6.07, 6.45) is 1.90. The molecule has 8 heteroatoms. The summed E-state index contributed by atoms with van der Waals surface area (Å²) in [4.78, 5) is 11.7. The molecule has 0 saturated heterocycles. The quantitative estimate of drug-likeness (QED) is 0.625. The standard InChI is InChI=1S/C12H13F4NO2S/c1-20-5-6(2-3-18)17-12(19)9-10(15)7(13)4-8(14)11(9)16/h4,6,18H,2-3,5H2,1H3,(H,17,19). The van der Waals surface area contributed by atoms with E-state index in [1.165, 1.54) is 11.8 Å². The molecule has 2 N–H and O–H groups in total. The summed E-state index contributed by atoms with van der Waals surface area (Å²) >= 11 is 1.34. The van der Waals surface area contributed by atoms with Crippen molar-refractivity contribution in [1.29, 1.82) is 0 Å². The van der Waals surface area contributed by atoms with E-state index < -0.39 is 40.8 Å². The molecule has 1 unspecified atom stereocenters. The minimum atomic E-state index is -1.74. The van der Waals surface area contributed by atoms with Gasteiger partial charge >= 0.3 is 0 Å². The molecule has 0 bridgehead atoms. The highest BCUT2D eigenvalue weighted by Crippen LogP contribution is 2.19. The van der Waals surface area contributed by atoms with Crippen LogP contribution in [0.3, 0.4) is 0 Å². The normalized spacial score (nSPS) is 12.3. The van der Waals surface area contributed by atoms with E-state index in [0.717, 1.165) is 0 Å². The lowest BCUT2D eigenvalue weighted by Crippen LogP contribution is -2.38. The molecular formula is C12H13F4NO2S. The minimum absolute atomic E-state index is 0.0363. The number of halogens is 4. The summed E-state index contributed by atoms with van der Waals surface area (Å²) in [5.41, 5.74) is -1.30. The number of carbonyl (C=O) groups excluding carboxylic acids is 1. The summed E-state index contributed by atoms with van der Waals surface area (Å²) in [7, 11) is 0. The third-order valence-electron chi connectivity index (χ3n) is 2.52. The van der Waals surface area contributed by atoms with Gasteiger partial charge in [0.2, 0.25) is 0 Å². The van der Waals surface area contributed by atoms with Crippen LogP contribution in [0, 0.1) is 23.3 Å². The van der Waals surface area contributed by atoms with Crippen LogP contribution in [-0.4, -0.2) is 35.7 Å². The molecule has 112 valence electrons. The van der Waals surface area contributed by atoms with Crippen molar-refractivity contribution in [3.8, 4) is 0 Å².